The van der Waals surface area contributed by atoms with E-state index in [1.807, 2.05) is 6.07 Å². The molecule has 0 radical (unpaired) electrons. The van der Waals surface area contributed by atoms with E-state index < -0.39 is 7.92 Å². The predicted molar refractivity (Wildman–Crippen MR) is 173 cm³/mol. The lowest BCUT2D eigenvalue weighted by Gasteiger charge is -2.25. The second-order valence-corrected chi connectivity index (χ2v) is 12.2. The van der Waals surface area contributed by atoms with E-state index in [2.05, 4.69) is 146 Å². The van der Waals surface area contributed by atoms with Crippen LogP contribution in [-0.2, 0) is 0 Å². The Bertz CT molecular complexity index is 2060. The van der Waals surface area contributed by atoms with Crippen molar-refractivity contribution in [1.29, 1.82) is 0 Å². The summed E-state index contributed by atoms with van der Waals surface area (Å²) in [5.74, 6) is 0. The van der Waals surface area contributed by atoms with Gasteiger partial charge in [-0.3, -0.25) is 0 Å². The molecule has 0 amide bonds. The molecule has 0 N–H and O–H groups in total. The number of para-hydroxylation sites is 1. The summed E-state index contributed by atoms with van der Waals surface area (Å²) in [6.45, 7) is 0. The predicted octanol–water partition coefficient (Wildman–Crippen LogP) is 9.32. The first-order chi connectivity index (χ1) is 19.9. The minimum absolute atomic E-state index is 0.799. The SMILES string of the molecule is c1ccc(P(c2ccccc2)c2c3ccccc3c(-c3cccc4oc5ccccc5c34)c3ccccc23)cc1. The second kappa shape index (κ2) is 9.49. The third kappa shape index (κ3) is 3.59. The monoisotopic (exact) mass is 528 g/mol. The van der Waals surface area contributed by atoms with Gasteiger partial charge in [-0.05, 0) is 63.3 Å². The molecule has 8 rings (SSSR count). The fraction of sp³-hybridized carbons (Fsp3) is 0. The molecule has 0 atom stereocenters. The van der Waals surface area contributed by atoms with Gasteiger partial charge in [-0.2, -0.15) is 0 Å². The first-order valence-corrected chi connectivity index (χ1v) is 15.0. The van der Waals surface area contributed by atoms with Gasteiger partial charge in [0.2, 0.25) is 0 Å². The fourth-order valence-electron chi connectivity index (χ4n) is 6.18. The van der Waals surface area contributed by atoms with Crippen molar-refractivity contribution in [3.63, 3.8) is 0 Å². The Labute approximate surface area is 234 Å². The lowest BCUT2D eigenvalue weighted by molar-refractivity contribution is 0.669. The lowest BCUT2D eigenvalue weighted by Crippen LogP contribution is -2.22. The molecule has 8 aromatic rings. The van der Waals surface area contributed by atoms with Crippen LogP contribution >= 0.6 is 7.92 Å². The van der Waals surface area contributed by atoms with Crippen LogP contribution < -0.4 is 15.9 Å². The maximum Gasteiger partial charge on any atom is 0.136 e. The van der Waals surface area contributed by atoms with Gasteiger partial charge in [0.1, 0.15) is 11.2 Å². The van der Waals surface area contributed by atoms with E-state index in [1.54, 1.807) is 0 Å². The Hall–Kier alpha value is -4.71. The van der Waals surface area contributed by atoms with Crippen molar-refractivity contribution in [2.24, 2.45) is 0 Å². The van der Waals surface area contributed by atoms with Gasteiger partial charge in [0.05, 0.1) is 0 Å². The van der Waals surface area contributed by atoms with Gasteiger partial charge < -0.3 is 4.42 Å². The van der Waals surface area contributed by atoms with Crippen LogP contribution in [0.4, 0.5) is 0 Å². The van der Waals surface area contributed by atoms with Crippen molar-refractivity contribution < 1.29 is 4.42 Å². The van der Waals surface area contributed by atoms with E-state index in [-0.39, 0.29) is 0 Å². The summed E-state index contributed by atoms with van der Waals surface area (Å²) < 4.78 is 6.32. The van der Waals surface area contributed by atoms with E-state index in [9.17, 15) is 0 Å². The van der Waals surface area contributed by atoms with Gasteiger partial charge in [0.15, 0.2) is 0 Å². The molecule has 0 spiro atoms. The molecule has 1 aromatic heterocycles. The zero-order valence-electron chi connectivity index (χ0n) is 21.8. The minimum Gasteiger partial charge on any atom is -0.456 e. The van der Waals surface area contributed by atoms with Crippen LogP contribution in [0.25, 0.3) is 54.6 Å². The Kier molecular flexibility index (Phi) is 5.50. The molecular formula is C38H25OP. The summed E-state index contributed by atoms with van der Waals surface area (Å²) in [5.41, 5.74) is 4.33. The Balaban J connectivity index is 1.54. The molecule has 188 valence electrons. The average Bonchev–Trinajstić information content (AvgIpc) is 3.41. The highest BCUT2D eigenvalue weighted by atomic mass is 31.1. The minimum atomic E-state index is -0.799. The largest absolute Gasteiger partial charge is 0.456 e. The van der Waals surface area contributed by atoms with Crippen molar-refractivity contribution >= 4 is 67.3 Å². The van der Waals surface area contributed by atoms with Crippen LogP contribution in [0.15, 0.2) is 156 Å². The van der Waals surface area contributed by atoms with Gasteiger partial charge >= 0.3 is 0 Å². The highest BCUT2D eigenvalue weighted by molar-refractivity contribution is 7.80. The first-order valence-electron chi connectivity index (χ1n) is 13.6. The van der Waals surface area contributed by atoms with Gasteiger partial charge in [-0.1, -0.05) is 140 Å². The average molecular weight is 529 g/mol. The van der Waals surface area contributed by atoms with Crippen molar-refractivity contribution in [3.8, 4) is 11.1 Å². The molecule has 0 fully saturated rings. The zero-order valence-corrected chi connectivity index (χ0v) is 22.7. The summed E-state index contributed by atoms with van der Waals surface area (Å²) in [4.78, 5) is 0. The van der Waals surface area contributed by atoms with Gasteiger partial charge in [0, 0.05) is 16.1 Å². The molecule has 1 nitrogen and oxygen atoms in total. The summed E-state index contributed by atoms with van der Waals surface area (Å²) in [5, 5.41) is 11.6. The second-order valence-electron chi connectivity index (χ2n) is 10.1. The van der Waals surface area contributed by atoms with E-state index in [0.717, 1.165) is 16.6 Å². The fourth-order valence-corrected chi connectivity index (χ4v) is 8.81. The standard InChI is InChI=1S/C38H25OP/c1-3-14-26(15-4-1)40(27-16-5-2-6-17-27)38-30-20-9-7-18-28(30)36(29-19-8-10-21-31(29)38)33-23-13-25-35-37(33)32-22-11-12-24-34(32)39-35/h1-25H. The van der Waals surface area contributed by atoms with E-state index in [4.69, 9.17) is 4.42 Å². The molecule has 7 aromatic carbocycles. The molecule has 40 heavy (non-hydrogen) atoms. The maximum absolute atomic E-state index is 6.32. The van der Waals surface area contributed by atoms with Crippen LogP contribution in [0.5, 0.6) is 0 Å². The molecule has 0 saturated heterocycles. The highest BCUT2D eigenvalue weighted by Gasteiger charge is 2.25. The summed E-state index contributed by atoms with van der Waals surface area (Å²) >= 11 is 0. The molecule has 1 heterocycles. The van der Waals surface area contributed by atoms with E-state index >= 15 is 0 Å². The smallest absolute Gasteiger partial charge is 0.136 e. The molecule has 0 aliphatic rings. The molecule has 0 aliphatic carbocycles. The Morgan fingerprint density at radius 3 is 1.45 bits per heavy atom. The van der Waals surface area contributed by atoms with Crippen LogP contribution in [0.1, 0.15) is 0 Å². The molecule has 2 heteroatoms. The van der Waals surface area contributed by atoms with E-state index in [1.165, 1.54) is 54.0 Å². The lowest BCUT2D eigenvalue weighted by atomic mass is 9.90. The van der Waals surface area contributed by atoms with Crippen molar-refractivity contribution in [2.45, 2.75) is 0 Å². The molecule has 0 bridgehead atoms. The van der Waals surface area contributed by atoms with Crippen molar-refractivity contribution in [3.05, 3.63) is 152 Å². The number of rotatable bonds is 4. The number of hydrogen-bond donors (Lipinski definition) is 0. The number of fused-ring (bicyclic) bond motifs is 5. The molecule has 0 unspecified atom stereocenters. The number of hydrogen-bond acceptors (Lipinski definition) is 1. The molecule has 0 aliphatic heterocycles. The molecular weight excluding hydrogens is 503 g/mol. The Morgan fingerprint density at radius 2 is 0.850 bits per heavy atom. The quantitative estimate of drug-likeness (QED) is 0.164. The third-order valence-corrected chi connectivity index (χ3v) is 10.4. The summed E-state index contributed by atoms with van der Waals surface area (Å²) in [7, 11) is -0.799. The van der Waals surface area contributed by atoms with Gasteiger partial charge in [-0.25, -0.2) is 0 Å². The van der Waals surface area contributed by atoms with Crippen LogP contribution in [0, 0.1) is 0 Å². The summed E-state index contributed by atoms with van der Waals surface area (Å²) in [6, 6.07) is 54.8. The first kappa shape index (κ1) is 23.2. The van der Waals surface area contributed by atoms with Gasteiger partial charge in [0.25, 0.3) is 0 Å². The maximum atomic E-state index is 6.32. The van der Waals surface area contributed by atoms with Crippen LogP contribution in [-0.4, -0.2) is 0 Å². The highest BCUT2D eigenvalue weighted by Crippen LogP contribution is 2.46. The normalized spacial score (nSPS) is 11.7. The zero-order chi connectivity index (χ0) is 26.5. The Morgan fingerprint density at radius 1 is 0.375 bits per heavy atom. The van der Waals surface area contributed by atoms with Crippen LogP contribution in [0.2, 0.25) is 0 Å². The van der Waals surface area contributed by atoms with E-state index in [0.29, 0.717) is 0 Å². The molecule has 0 saturated carbocycles. The number of furan rings is 1. The van der Waals surface area contributed by atoms with Crippen molar-refractivity contribution in [1.82, 2.24) is 0 Å². The topological polar surface area (TPSA) is 13.1 Å². The number of benzene rings is 7. The third-order valence-electron chi connectivity index (χ3n) is 7.83. The van der Waals surface area contributed by atoms with Crippen LogP contribution in [0.3, 0.4) is 0 Å². The summed E-state index contributed by atoms with van der Waals surface area (Å²) in [6.07, 6.45) is 0. The van der Waals surface area contributed by atoms with Crippen molar-refractivity contribution in [2.75, 3.05) is 0 Å². The van der Waals surface area contributed by atoms with Gasteiger partial charge in [-0.15, -0.1) is 0 Å².